The maximum atomic E-state index is 14.1. The summed E-state index contributed by atoms with van der Waals surface area (Å²) in [5, 5.41) is 19.6. The van der Waals surface area contributed by atoms with Crippen LogP contribution < -0.4 is 0 Å². The second-order valence-corrected chi connectivity index (χ2v) is 7.25. The summed E-state index contributed by atoms with van der Waals surface area (Å²) in [6, 6.07) is 0. The molecule has 1 fully saturated rings. The van der Waals surface area contributed by atoms with Gasteiger partial charge in [-0.3, -0.25) is 0 Å². The van der Waals surface area contributed by atoms with Crippen molar-refractivity contribution < 1.29 is 19.4 Å². The molecule has 1 heterocycles. The largest absolute Gasteiger partial charge is 0.476 e. The molecule has 136 valence electrons. The summed E-state index contributed by atoms with van der Waals surface area (Å²) < 4.78 is 14.1. The Morgan fingerprint density at radius 2 is 1.88 bits per heavy atom. The van der Waals surface area contributed by atoms with Gasteiger partial charge in [0.15, 0.2) is 11.5 Å². The number of unbranched alkanes of at least 4 members (excludes halogenated alkanes) is 5. The Balaban J connectivity index is 1.79. The van der Waals surface area contributed by atoms with E-state index in [2.05, 4.69) is 11.9 Å². The van der Waals surface area contributed by atoms with Crippen molar-refractivity contribution in [2.24, 2.45) is 0 Å². The summed E-state index contributed by atoms with van der Waals surface area (Å²) in [4.78, 5) is 13.4. The predicted molar refractivity (Wildman–Crippen MR) is 91.9 cm³/mol. The molecule has 0 radical (unpaired) electrons. The van der Waals surface area contributed by atoms with Gasteiger partial charge in [0.2, 0.25) is 0 Å². The van der Waals surface area contributed by atoms with Crippen LogP contribution in [0, 0.1) is 5.82 Å². The summed E-state index contributed by atoms with van der Waals surface area (Å²) in [6.45, 7) is 2.20. The Kier molecular flexibility index (Phi) is 6.84. The molecule has 0 aliphatic heterocycles. The molecule has 5 heteroatoms. The van der Waals surface area contributed by atoms with E-state index < -0.39 is 17.4 Å². The Morgan fingerprint density at radius 1 is 1.25 bits per heavy atom. The molecule has 1 aliphatic carbocycles. The molecular weight excluding hydrogens is 309 g/mol. The lowest BCUT2D eigenvalue weighted by atomic mass is 9.74. The van der Waals surface area contributed by atoms with E-state index in [9.17, 15) is 14.3 Å². The Morgan fingerprint density at radius 3 is 2.46 bits per heavy atom. The zero-order chi connectivity index (χ0) is 17.6. The third-order valence-corrected chi connectivity index (χ3v) is 5.41. The highest BCUT2D eigenvalue weighted by Crippen LogP contribution is 2.41. The molecule has 1 aromatic heterocycles. The molecule has 1 saturated carbocycles. The second kappa shape index (κ2) is 8.65. The number of carboxylic acids is 1. The number of nitrogens with one attached hydrogen (secondary N) is 1. The van der Waals surface area contributed by atoms with Crippen LogP contribution in [0.3, 0.4) is 0 Å². The van der Waals surface area contributed by atoms with E-state index in [1.807, 2.05) is 0 Å². The molecule has 0 amide bonds. The van der Waals surface area contributed by atoms with E-state index in [0.717, 1.165) is 12.8 Å². The Hall–Kier alpha value is -1.36. The molecule has 3 N–H and O–H groups in total. The lowest BCUT2D eigenvalue weighted by molar-refractivity contribution is -0.0108. The molecule has 0 saturated heterocycles. The minimum atomic E-state index is -1.27. The van der Waals surface area contributed by atoms with E-state index in [1.54, 1.807) is 0 Å². The van der Waals surface area contributed by atoms with Crippen LogP contribution in [0.2, 0.25) is 0 Å². The van der Waals surface area contributed by atoms with Crippen molar-refractivity contribution in [3.63, 3.8) is 0 Å². The van der Waals surface area contributed by atoms with Gasteiger partial charge in [0.25, 0.3) is 0 Å². The second-order valence-electron chi connectivity index (χ2n) is 7.25. The number of aromatic carboxylic acids is 1. The van der Waals surface area contributed by atoms with Crippen LogP contribution in [0.25, 0.3) is 0 Å². The minimum Gasteiger partial charge on any atom is -0.476 e. The van der Waals surface area contributed by atoms with Gasteiger partial charge < -0.3 is 15.2 Å². The molecule has 0 bridgehead atoms. The average molecular weight is 339 g/mol. The van der Waals surface area contributed by atoms with Gasteiger partial charge in [-0.1, -0.05) is 45.4 Å². The lowest BCUT2D eigenvalue weighted by Crippen LogP contribution is -2.33. The normalized spacial score (nSPS) is 24.2. The molecular formula is C19H30FNO3. The van der Waals surface area contributed by atoms with Crippen molar-refractivity contribution in [1.82, 2.24) is 4.98 Å². The van der Waals surface area contributed by atoms with Gasteiger partial charge in [-0.25, -0.2) is 9.18 Å². The number of hydrogen-bond donors (Lipinski definition) is 3. The number of halogens is 1. The third kappa shape index (κ3) is 4.82. The number of carboxylic acid groups (broad SMARTS) is 1. The van der Waals surface area contributed by atoms with Crippen molar-refractivity contribution >= 4 is 5.97 Å². The van der Waals surface area contributed by atoms with Gasteiger partial charge >= 0.3 is 5.97 Å². The van der Waals surface area contributed by atoms with Crippen LogP contribution in [0.15, 0.2) is 6.20 Å². The van der Waals surface area contributed by atoms with E-state index in [4.69, 9.17) is 5.11 Å². The molecule has 1 aliphatic rings. The highest BCUT2D eigenvalue weighted by atomic mass is 19.1. The summed E-state index contributed by atoms with van der Waals surface area (Å²) in [7, 11) is 0. The Labute approximate surface area is 143 Å². The van der Waals surface area contributed by atoms with Crippen LogP contribution in [-0.4, -0.2) is 26.8 Å². The van der Waals surface area contributed by atoms with Crippen molar-refractivity contribution in [1.29, 1.82) is 0 Å². The molecule has 0 spiro atoms. The van der Waals surface area contributed by atoms with Crippen molar-refractivity contribution in [3.8, 4) is 0 Å². The topological polar surface area (TPSA) is 73.3 Å². The van der Waals surface area contributed by atoms with Gasteiger partial charge in [-0.05, 0) is 38.0 Å². The van der Waals surface area contributed by atoms with Gasteiger partial charge in [0.1, 0.15) is 0 Å². The fourth-order valence-electron chi connectivity index (χ4n) is 3.82. The van der Waals surface area contributed by atoms with Crippen molar-refractivity contribution in [2.45, 2.75) is 89.1 Å². The first-order chi connectivity index (χ1) is 11.5. The van der Waals surface area contributed by atoms with Crippen molar-refractivity contribution in [2.75, 3.05) is 0 Å². The maximum absolute atomic E-state index is 14.1. The lowest BCUT2D eigenvalue weighted by Gasteiger charge is -2.36. The third-order valence-electron chi connectivity index (χ3n) is 5.41. The number of carbonyl (C=O) groups is 1. The highest BCUT2D eigenvalue weighted by molar-refractivity contribution is 5.86. The fourth-order valence-corrected chi connectivity index (χ4v) is 3.82. The van der Waals surface area contributed by atoms with Gasteiger partial charge in [0, 0.05) is 11.8 Å². The SMILES string of the molecule is CCCCCCCCC1(O)CCC(c2c[nH]c(C(=O)O)c2F)CC1. The van der Waals surface area contributed by atoms with E-state index >= 15 is 0 Å². The first-order valence-electron chi connectivity index (χ1n) is 9.29. The van der Waals surface area contributed by atoms with E-state index in [-0.39, 0.29) is 11.6 Å². The standard InChI is InChI=1S/C19H30FNO3/c1-2-3-4-5-6-7-10-19(24)11-8-14(9-12-19)15-13-21-17(16(15)20)18(22)23/h13-14,21,24H,2-12H2,1H3,(H,22,23). The first-order valence-corrected chi connectivity index (χ1v) is 9.29. The quantitative estimate of drug-likeness (QED) is 0.555. The summed E-state index contributed by atoms with van der Waals surface area (Å²) >= 11 is 0. The number of hydrogen-bond acceptors (Lipinski definition) is 2. The molecule has 4 nitrogen and oxygen atoms in total. The number of rotatable bonds is 9. The minimum absolute atomic E-state index is 0.000760. The van der Waals surface area contributed by atoms with Gasteiger partial charge in [-0.2, -0.15) is 0 Å². The summed E-state index contributed by atoms with van der Waals surface area (Å²) in [5.41, 5.74) is -0.532. The zero-order valence-corrected chi connectivity index (χ0v) is 14.6. The smallest absolute Gasteiger partial charge is 0.355 e. The highest BCUT2D eigenvalue weighted by Gasteiger charge is 2.35. The van der Waals surface area contributed by atoms with Crippen LogP contribution in [0.5, 0.6) is 0 Å². The monoisotopic (exact) mass is 339 g/mol. The van der Waals surface area contributed by atoms with E-state index in [1.165, 1.54) is 38.3 Å². The fraction of sp³-hybridized carbons (Fsp3) is 0.737. The van der Waals surface area contributed by atoms with Crippen molar-refractivity contribution in [3.05, 3.63) is 23.3 Å². The molecule has 24 heavy (non-hydrogen) atoms. The molecule has 0 aromatic carbocycles. The molecule has 0 atom stereocenters. The van der Waals surface area contributed by atoms with Gasteiger partial charge in [0.05, 0.1) is 5.60 Å². The molecule has 1 aromatic rings. The number of aromatic amines is 1. The number of H-pyrrole nitrogens is 1. The average Bonchev–Trinajstić information content (AvgIpc) is 2.93. The summed E-state index contributed by atoms with van der Waals surface area (Å²) in [6.07, 6.45) is 12.3. The predicted octanol–water partition coefficient (Wildman–Crippen LogP) is 4.99. The maximum Gasteiger partial charge on any atom is 0.355 e. The van der Waals surface area contributed by atoms with Crippen LogP contribution in [0.1, 0.15) is 99.5 Å². The number of aromatic nitrogens is 1. The van der Waals surface area contributed by atoms with Gasteiger partial charge in [-0.15, -0.1) is 0 Å². The molecule has 2 rings (SSSR count). The zero-order valence-electron chi connectivity index (χ0n) is 14.6. The molecule has 0 unspecified atom stereocenters. The van der Waals surface area contributed by atoms with Crippen LogP contribution in [0.4, 0.5) is 4.39 Å². The van der Waals surface area contributed by atoms with Crippen LogP contribution in [-0.2, 0) is 0 Å². The Bertz CT molecular complexity index is 533. The van der Waals surface area contributed by atoms with Crippen LogP contribution >= 0.6 is 0 Å². The van der Waals surface area contributed by atoms with E-state index in [0.29, 0.717) is 31.2 Å². The first kappa shape index (κ1) is 19.0. The number of aliphatic hydroxyl groups is 1. The summed E-state index contributed by atoms with van der Waals surface area (Å²) in [5.74, 6) is -1.91.